The van der Waals surface area contributed by atoms with Crippen LogP contribution < -0.4 is 5.32 Å². The largest absolute Gasteiger partial charge is 0.478 e. The molecule has 1 amide bonds. The standard InChI is InChI=1S/C21H28F4N2O4/c1-12(20(5)6-8-27(9-7-20)18(30)31-19(2,3)4)26-15-11-13(17(28)29)10-14(22)16(15)21(23,24)25/h10-12,26H,6-9H2,1-5H3,(H,28,29)/t12-/m0/s1. The number of amides is 1. The fraction of sp³-hybridized carbons (Fsp3) is 0.619. The Balaban J connectivity index is 2.21. The predicted octanol–water partition coefficient (Wildman–Crippen LogP) is 5.38. The van der Waals surface area contributed by atoms with Gasteiger partial charge in [-0.2, -0.15) is 13.2 Å². The maximum Gasteiger partial charge on any atom is 0.421 e. The number of rotatable bonds is 4. The Morgan fingerprint density at radius 2 is 1.74 bits per heavy atom. The molecule has 1 fully saturated rings. The van der Waals surface area contributed by atoms with E-state index in [2.05, 4.69) is 5.32 Å². The first-order valence-electron chi connectivity index (χ1n) is 9.92. The number of carboxylic acids is 1. The van der Waals surface area contributed by atoms with Crippen LogP contribution in [0.15, 0.2) is 12.1 Å². The van der Waals surface area contributed by atoms with Crippen molar-refractivity contribution in [3.8, 4) is 0 Å². The van der Waals surface area contributed by atoms with Crippen molar-refractivity contribution in [1.82, 2.24) is 4.90 Å². The van der Waals surface area contributed by atoms with E-state index >= 15 is 0 Å². The lowest BCUT2D eigenvalue weighted by Crippen LogP contribution is -2.49. The van der Waals surface area contributed by atoms with Crippen LogP contribution in [0, 0.1) is 11.2 Å². The molecule has 1 atom stereocenters. The zero-order valence-corrected chi connectivity index (χ0v) is 18.2. The second-order valence-corrected chi connectivity index (χ2v) is 9.17. The van der Waals surface area contributed by atoms with Gasteiger partial charge in [-0.05, 0) is 58.1 Å². The van der Waals surface area contributed by atoms with Gasteiger partial charge in [-0.15, -0.1) is 0 Å². The summed E-state index contributed by atoms with van der Waals surface area (Å²) in [5.74, 6) is -3.17. The molecule has 2 rings (SSSR count). The molecule has 0 unspecified atom stereocenters. The van der Waals surface area contributed by atoms with Gasteiger partial charge in [0.05, 0.1) is 11.3 Å². The van der Waals surface area contributed by atoms with E-state index in [0.717, 1.165) is 6.07 Å². The first kappa shape index (κ1) is 24.7. The molecule has 1 aliphatic rings. The van der Waals surface area contributed by atoms with E-state index in [1.54, 1.807) is 32.6 Å². The molecule has 0 bridgehead atoms. The number of piperidine rings is 1. The monoisotopic (exact) mass is 448 g/mol. The van der Waals surface area contributed by atoms with Crippen LogP contribution in [0.1, 0.15) is 63.4 Å². The van der Waals surface area contributed by atoms with Gasteiger partial charge < -0.3 is 20.1 Å². The molecule has 1 aliphatic heterocycles. The first-order valence-corrected chi connectivity index (χ1v) is 9.92. The second kappa shape index (κ2) is 8.55. The fourth-order valence-electron chi connectivity index (χ4n) is 3.50. The van der Waals surface area contributed by atoms with E-state index in [-0.39, 0.29) is 0 Å². The highest BCUT2D eigenvalue weighted by molar-refractivity contribution is 5.89. The number of ether oxygens (including phenoxy) is 1. The van der Waals surface area contributed by atoms with Crippen LogP contribution in [0.5, 0.6) is 0 Å². The Morgan fingerprint density at radius 1 is 1.19 bits per heavy atom. The Labute approximate surface area is 178 Å². The van der Waals surface area contributed by atoms with E-state index < -0.39 is 57.9 Å². The van der Waals surface area contributed by atoms with Gasteiger partial charge in [0.1, 0.15) is 17.0 Å². The molecule has 1 saturated heterocycles. The summed E-state index contributed by atoms with van der Waals surface area (Å²) in [5.41, 5.74) is -3.88. The molecule has 6 nitrogen and oxygen atoms in total. The SMILES string of the molecule is C[C@H](Nc1cc(C(=O)O)cc(F)c1C(F)(F)F)C1(C)CCN(C(=O)OC(C)(C)C)CC1. The van der Waals surface area contributed by atoms with Gasteiger partial charge in [0.25, 0.3) is 0 Å². The second-order valence-electron chi connectivity index (χ2n) is 9.17. The number of hydrogen-bond donors (Lipinski definition) is 2. The van der Waals surface area contributed by atoms with Crippen molar-refractivity contribution in [3.63, 3.8) is 0 Å². The van der Waals surface area contributed by atoms with E-state index in [4.69, 9.17) is 9.84 Å². The summed E-state index contributed by atoms with van der Waals surface area (Å²) in [4.78, 5) is 25.0. The molecule has 0 spiro atoms. The zero-order valence-electron chi connectivity index (χ0n) is 18.2. The van der Waals surface area contributed by atoms with Gasteiger partial charge in [0.15, 0.2) is 0 Å². The smallest absolute Gasteiger partial charge is 0.421 e. The van der Waals surface area contributed by atoms with Crippen molar-refractivity contribution >= 4 is 17.7 Å². The number of carbonyl (C=O) groups excluding carboxylic acids is 1. The predicted molar refractivity (Wildman–Crippen MR) is 107 cm³/mol. The molecular formula is C21H28F4N2O4. The van der Waals surface area contributed by atoms with Gasteiger partial charge in [0.2, 0.25) is 0 Å². The Hall–Kier alpha value is -2.52. The van der Waals surface area contributed by atoms with Gasteiger partial charge in [-0.25, -0.2) is 14.0 Å². The number of nitrogens with zero attached hydrogens (tertiary/aromatic N) is 1. The number of anilines is 1. The lowest BCUT2D eigenvalue weighted by atomic mass is 9.74. The molecule has 174 valence electrons. The highest BCUT2D eigenvalue weighted by Gasteiger charge is 2.41. The highest BCUT2D eigenvalue weighted by atomic mass is 19.4. The Morgan fingerprint density at radius 3 is 2.19 bits per heavy atom. The van der Waals surface area contributed by atoms with Crippen LogP contribution in [0.3, 0.4) is 0 Å². The quantitative estimate of drug-likeness (QED) is 0.605. The Bertz CT molecular complexity index is 841. The molecule has 10 heteroatoms. The zero-order chi connectivity index (χ0) is 23.8. The number of nitrogens with one attached hydrogen (secondary N) is 1. The fourth-order valence-corrected chi connectivity index (χ4v) is 3.50. The van der Waals surface area contributed by atoms with Gasteiger partial charge >= 0.3 is 18.2 Å². The molecule has 2 N–H and O–H groups in total. The number of benzene rings is 1. The number of alkyl halides is 3. The third-order valence-electron chi connectivity index (χ3n) is 5.60. The molecule has 0 saturated carbocycles. The van der Waals surface area contributed by atoms with Crippen LogP contribution in [0.25, 0.3) is 0 Å². The number of aromatic carboxylic acids is 1. The molecule has 1 aromatic carbocycles. The third-order valence-corrected chi connectivity index (χ3v) is 5.60. The normalized spacial score (nSPS) is 17.8. The molecule has 0 aliphatic carbocycles. The third kappa shape index (κ3) is 6.01. The molecule has 31 heavy (non-hydrogen) atoms. The number of carboxylic acid groups (broad SMARTS) is 1. The lowest BCUT2D eigenvalue weighted by Gasteiger charge is -2.44. The van der Waals surface area contributed by atoms with Gasteiger partial charge in [0, 0.05) is 19.1 Å². The summed E-state index contributed by atoms with van der Waals surface area (Å²) in [7, 11) is 0. The molecule has 1 heterocycles. The van der Waals surface area contributed by atoms with Crippen molar-refractivity contribution in [2.45, 2.75) is 65.3 Å². The average Bonchev–Trinajstić information content (AvgIpc) is 2.59. The maximum atomic E-state index is 14.1. The maximum absolute atomic E-state index is 14.1. The van der Waals surface area contributed by atoms with E-state index in [0.29, 0.717) is 32.0 Å². The van der Waals surface area contributed by atoms with Gasteiger partial charge in [-0.1, -0.05) is 6.92 Å². The van der Waals surface area contributed by atoms with Crippen molar-refractivity contribution < 1.29 is 37.0 Å². The number of carbonyl (C=O) groups is 2. The lowest BCUT2D eigenvalue weighted by molar-refractivity contribution is -0.139. The Kier molecular flexibility index (Phi) is 6.82. The number of halogens is 4. The van der Waals surface area contributed by atoms with Crippen LogP contribution in [-0.4, -0.2) is 46.8 Å². The minimum Gasteiger partial charge on any atom is -0.478 e. The van der Waals surface area contributed by atoms with Crippen molar-refractivity contribution in [1.29, 1.82) is 0 Å². The summed E-state index contributed by atoms with van der Waals surface area (Å²) in [6, 6.07) is 0.601. The molecule has 0 radical (unpaired) electrons. The summed E-state index contributed by atoms with van der Waals surface area (Å²) in [6.45, 7) is 9.51. The van der Waals surface area contributed by atoms with Crippen LogP contribution >= 0.6 is 0 Å². The summed E-state index contributed by atoms with van der Waals surface area (Å²) >= 11 is 0. The van der Waals surface area contributed by atoms with Gasteiger partial charge in [-0.3, -0.25) is 0 Å². The number of hydrogen-bond acceptors (Lipinski definition) is 4. The van der Waals surface area contributed by atoms with Crippen LogP contribution in [0.4, 0.5) is 28.0 Å². The average molecular weight is 448 g/mol. The minimum atomic E-state index is -5.00. The molecule has 0 aromatic heterocycles. The first-order chi connectivity index (χ1) is 14.0. The van der Waals surface area contributed by atoms with Crippen LogP contribution in [-0.2, 0) is 10.9 Å². The van der Waals surface area contributed by atoms with E-state index in [9.17, 15) is 27.2 Å². The number of likely N-dealkylation sites (tertiary alicyclic amines) is 1. The summed E-state index contributed by atoms with van der Waals surface area (Å²) in [5, 5.41) is 11.8. The summed E-state index contributed by atoms with van der Waals surface area (Å²) < 4.78 is 59.8. The van der Waals surface area contributed by atoms with Crippen molar-refractivity contribution in [2.24, 2.45) is 5.41 Å². The van der Waals surface area contributed by atoms with Crippen molar-refractivity contribution in [2.75, 3.05) is 18.4 Å². The van der Waals surface area contributed by atoms with Crippen molar-refractivity contribution in [3.05, 3.63) is 29.1 Å². The van der Waals surface area contributed by atoms with Crippen LogP contribution in [0.2, 0.25) is 0 Å². The summed E-state index contributed by atoms with van der Waals surface area (Å²) in [6.07, 6.45) is -4.50. The highest BCUT2D eigenvalue weighted by Crippen LogP contribution is 2.41. The topological polar surface area (TPSA) is 78.9 Å². The van der Waals surface area contributed by atoms with E-state index in [1.165, 1.54) is 0 Å². The minimum absolute atomic E-state index is 0.354. The molecular weight excluding hydrogens is 420 g/mol. The molecule has 1 aromatic rings. The van der Waals surface area contributed by atoms with E-state index in [1.807, 2.05) is 6.92 Å².